The van der Waals surface area contributed by atoms with Crippen LogP contribution in [0.1, 0.15) is 43.0 Å². The van der Waals surface area contributed by atoms with E-state index in [-0.39, 0.29) is 11.9 Å². The zero-order valence-electron chi connectivity index (χ0n) is 12.4. The second-order valence-electron chi connectivity index (χ2n) is 6.88. The summed E-state index contributed by atoms with van der Waals surface area (Å²) in [7, 11) is 0. The largest absolute Gasteiger partial charge is 0.361 e. The minimum atomic E-state index is 0.0633. The van der Waals surface area contributed by atoms with Gasteiger partial charge in [0, 0.05) is 28.7 Å². The number of hydrogen-bond donors (Lipinski definition) is 2. The van der Waals surface area contributed by atoms with Gasteiger partial charge in [0.1, 0.15) is 0 Å². The van der Waals surface area contributed by atoms with Gasteiger partial charge in [-0.3, -0.25) is 4.79 Å². The Morgan fingerprint density at radius 3 is 2.95 bits per heavy atom. The SMILES string of the molecule is CC(NC(=O)c1ccc2[nH]ccc2c1)C1CC2CCC1C2. The zero-order valence-corrected chi connectivity index (χ0v) is 12.4. The van der Waals surface area contributed by atoms with Gasteiger partial charge >= 0.3 is 0 Å². The molecule has 2 N–H and O–H groups in total. The number of benzene rings is 1. The average molecular weight is 282 g/mol. The molecule has 2 fully saturated rings. The van der Waals surface area contributed by atoms with Crippen molar-refractivity contribution in [3.05, 3.63) is 36.0 Å². The van der Waals surface area contributed by atoms with E-state index in [0.717, 1.165) is 28.3 Å². The first kappa shape index (κ1) is 12.9. The molecule has 1 amide bonds. The van der Waals surface area contributed by atoms with Crippen LogP contribution in [0.5, 0.6) is 0 Å². The first-order valence-corrected chi connectivity index (χ1v) is 8.09. The quantitative estimate of drug-likeness (QED) is 0.885. The van der Waals surface area contributed by atoms with Crippen LogP contribution in [0, 0.1) is 17.8 Å². The third-order valence-electron chi connectivity index (χ3n) is 5.61. The topological polar surface area (TPSA) is 44.9 Å². The van der Waals surface area contributed by atoms with Gasteiger partial charge in [0.25, 0.3) is 5.91 Å². The monoisotopic (exact) mass is 282 g/mol. The summed E-state index contributed by atoms with van der Waals surface area (Å²) < 4.78 is 0. The molecule has 4 atom stereocenters. The second kappa shape index (κ2) is 4.90. The maximum Gasteiger partial charge on any atom is 0.251 e. The van der Waals surface area contributed by atoms with Crippen molar-refractivity contribution in [2.75, 3.05) is 0 Å². The van der Waals surface area contributed by atoms with Gasteiger partial charge in [0.05, 0.1) is 0 Å². The number of rotatable bonds is 3. The van der Waals surface area contributed by atoms with Gasteiger partial charge < -0.3 is 10.3 Å². The Hall–Kier alpha value is -1.77. The fraction of sp³-hybridized carbons (Fsp3) is 0.500. The summed E-state index contributed by atoms with van der Waals surface area (Å²) in [5, 5.41) is 4.32. The zero-order chi connectivity index (χ0) is 14.4. The van der Waals surface area contributed by atoms with Crippen LogP contribution in [0.2, 0.25) is 0 Å². The van der Waals surface area contributed by atoms with Crippen LogP contribution in [0.25, 0.3) is 10.9 Å². The van der Waals surface area contributed by atoms with E-state index in [1.54, 1.807) is 0 Å². The molecule has 1 aromatic heterocycles. The van der Waals surface area contributed by atoms with E-state index in [9.17, 15) is 4.79 Å². The number of fused-ring (bicyclic) bond motifs is 3. The fourth-order valence-corrected chi connectivity index (χ4v) is 4.50. The average Bonchev–Trinajstić information content (AvgIpc) is 3.21. The maximum atomic E-state index is 12.5. The van der Waals surface area contributed by atoms with Crippen molar-refractivity contribution in [2.24, 2.45) is 17.8 Å². The second-order valence-corrected chi connectivity index (χ2v) is 6.88. The molecule has 3 nitrogen and oxygen atoms in total. The highest BCUT2D eigenvalue weighted by Gasteiger charge is 2.42. The predicted octanol–water partition coefficient (Wildman–Crippen LogP) is 3.72. The molecule has 21 heavy (non-hydrogen) atoms. The molecule has 110 valence electrons. The summed E-state index contributed by atoms with van der Waals surface area (Å²) in [5.41, 5.74) is 1.84. The van der Waals surface area contributed by atoms with Gasteiger partial charge in [0.15, 0.2) is 0 Å². The molecule has 3 heteroatoms. The first-order valence-electron chi connectivity index (χ1n) is 8.09. The third kappa shape index (κ3) is 2.25. The molecule has 2 saturated carbocycles. The van der Waals surface area contributed by atoms with Crippen LogP contribution >= 0.6 is 0 Å². The Morgan fingerprint density at radius 1 is 1.29 bits per heavy atom. The van der Waals surface area contributed by atoms with E-state index in [0.29, 0.717) is 5.92 Å². The number of carbonyl (C=O) groups excluding carboxylic acids is 1. The van der Waals surface area contributed by atoms with Crippen molar-refractivity contribution in [3.63, 3.8) is 0 Å². The highest BCUT2D eigenvalue weighted by Crippen LogP contribution is 2.49. The summed E-state index contributed by atoms with van der Waals surface area (Å²) >= 11 is 0. The number of carbonyl (C=O) groups is 1. The van der Waals surface area contributed by atoms with E-state index >= 15 is 0 Å². The third-order valence-corrected chi connectivity index (χ3v) is 5.61. The Balaban J connectivity index is 1.47. The Morgan fingerprint density at radius 2 is 2.19 bits per heavy atom. The van der Waals surface area contributed by atoms with Crippen LogP contribution in [-0.2, 0) is 0 Å². The minimum Gasteiger partial charge on any atom is -0.361 e. The number of aromatic amines is 1. The fourth-order valence-electron chi connectivity index (χ4n) is 4.50. The molecule has 0 spiro atoms. The minimum absolute atomic E-state index is 0.0633. The maximum absolute atomic E-state index is 12.5. The molecule has 2 aromatic rings. The number of aromatic nitrogens is 1. The molecule has 2 aliphatic carbocycles. The van der Waals surface area contributed by atoms with Gasteiger partial charge in [-0.05, 0) is 68.2 Å². The molecular weight excluding hydrogens is 260 g/mol. The lowest BCUT2D eigenvalue weighted by Crippen LogP contribution is -2.40. The van der Waals surface area contributed by atoms with Crippen molar-refractivity contribution in [2.45, 2.75) is 38.6 Å². The highest BCUT2D eigenvalue weighted by molar-refractivity contribution is 5.98. The lowest BCUT2D eigenvalue weighted by Gasteiger charge is -2.28. The summed E-state index contributed by atoms with van der Waals surface area (Å²) in [6.07, 6.45) is 7.38. The van der Waals surface area contributed by atoms with Crippen molar-refractivity contribution >= 4 is 16.8 Å². The molecule has 1 aromatic carbocycles. The molecule has 2 bridgehead atoms. The van der Waals surface area contributed by atoms with E-state index in [1.807, 2.05) is 30.5 Å². The first-order chi connectivity index (χ1) is 10.2. The van der Waals surface area contributed by atoms with Gasteiger partial charge in [-0.25, -0.2) is 0 Å². The van der Waals surface area contributed by atoms with Crippen molar-refractivity contribution < 1.29 is 4.79 Å². The van der Waals surface area contributed by atoms with E-state index in [4.69, 9.17) is 0 Å². The lowest BCUT2D eigenvalue weighted by molar-refractivity contribution is 0.0915. The lowest BCUT2D eigenvalue weighted by atomic mass is 9.84. The van der Waals surface area contributed by atoms with Crippen LogP contribution in [-0.4, -0.2) is 16.9 Å². The Labute approximate surface area is 125 Å². The van der Waals surface area contributed by atoms with Crippen molar-refractivity contribution in [1.82, 2.24) is 10.3 Å². The van der Waals surface area contributed by atoms with Crippen molar-refractivity contribution in [3.8, 4) is 0 Å². The Kier molecular flexibility index (Phi) is 3.02. The molecule has 4 unspecified atom stereocenters. The number of amides is 1. The van der Waals surface area contributed by atoms with Crippen molar-refractivity contribution in [1.29, 1.82) is 0 Å². The molecule has 1 heterocycles. The van der Waals surface area contributed by atoms with E-state index in [2.05, 4.69) is 17.2 Å². The summed E-state index contributed by atoms with van der Waals surface area (Å²) in [4.78, 5) is 15.6. The molecule has 4 rings (SSSR count). The molecule has 2 aliphatic rings. The van der Waals surface area contributed by atoms with Crippen LogP contribution < -0.4 is 5.32 Å². The van der Waals surface area contributed by atoms with Gasteiger partial charge in [-0.1, -0.05) is 6.42 Å². The summed E-state index contributed by atoms with van der Waals surface area (Å²) in [6.45, 7) is 2.18. The number of nitrogens with one attached hydrogen (secondary N) is 2. The Bertz CT molecular complexity index is 675. The number of H-pyrrole nitrogens is 1. The molecular formula is C18H22N2O. The molecule has 0 aliphatic heterocycles. The highest BCUT2D eigenvalue weighted by atomic mass is 16.1. The molecule has 0 radical (unpaired) electrons. The van der Waals surface area contributed by atoms with E-state index < -0.39 is 0 Å². The summed E-state index contributed by atoms with van der Waals surface area (Å²) in [5.74, 6) is 2.52. The van der Waals surface area contributed by atoms with Gasteiger partial charge in [-0.15, -0.1) is 0 Å². The predicted molar refractivity (Wildman–Crippen MR) is 84.2 cm³/mol. The van der Waals surface area contributed by atoms with E-state index in [1.165, 1.54) is 25.7 Å². The van der Waals surface area contributed by atoms with Crippen LogP contribution in [0.15, 0.2) is 30.5 Å². The molecule has 0 saturated heterocycles. The van der Waals surface area contributed by atoms with Crippen LogP contribution in [0.4, 0.5) is 0 Å². The number of hydrogen-bond acceptors (Lipinski definition) is 1. The smallest absolute Gasteiger partial charge is 0.251 e. The van der Waals surface area contributed by atoms with Gasteiger partial charge in [0.2, 0.25) is 0 Å². The summed E-state index contributed by atoms with van der Waals surface area (Å²) in [6, 6.07) is 8.14. The standard InChI is InChI=1S/C18H22N2O/c1-11(16-9-12-2-3-13(16)8-12)20-18(21)15-4-5-17-14(10-15)6-7-19-17/h4-7,10-13,16,19H,2-3,8-9H2,1H3,(H,20,21). The normalized spacial score (nSPS) is 28.9. The van der Waals surface area contributed by atoms with Gasteiger partial charge in [-0.2, -0.15) is 0 Å². The van der Waals surface area contributed by atoms with Crippen LogP contribution in [0.3, 0.4) is 0 Å².